The minimum absolute atomic E-state index is 0. The van der Waals surface area contributed by atoms with E-state index >= 15 is 0 Å². The Hall–Kier alpha value is -1.78. The molecule has 1 atom stereocenters. The number of amides is 1. The van der Waals surface area contributed by atoms with Crippen LogP contribution in [0.3, 0.4) is 0 Å². The van der Waals surface area contributed by atoms with E-state index in [1.54, 1.807) is 0 Å². The molecule has 1 aliphatic heterocycles. The molecule has 1 aromatic heterocycles. The van der Waals surface area contributed by atoms with E-state index in [0.29, 0.717) is 0 Å². The SMILES string of the molecule is Cc1cccc(-n2c(C)cc(C(=O)N[C@H]3CCCNC3)c2C)c1.Cl. The van der Waals surface area contributed by atoms with Gasteiger partial charge >= 0.3 is 0 Å². The van der Waals surface area contributed by atoms with Gasteiger partial charge in [0, 0.05) is 29.7 Å². The maximum Gasteiger partial charge on any atom is 0.253 e. The van der Waals surface area contributed by atoms with Crippen molar-refractivity contribution in [3.63, 3.8) is 0 Å². The molecule has 130 valence electrons. The number of nitrogens with one attached hydrogen (secondary N) is 2. The van der Waals surface area contributed by atoms with Crippen LogP contribution in [0.4, 0.5) is 0 Å². The first-order valence-corrected chi connectivity index (χ1v) is 8.34. The highest BCUT2D eigenvalue weighted by Gasteiger charge is 2.20. The predicted octanol–water partition coefficient (Wildman–Crippen LogP) is 3.31. The van der Waals surface area contributed by atoms with Crippen LogP contribution in [0, 0.1) is 20.8 Å². The van der Waals surface area contributed by atoms with E-state index in [9.17, 15) is 4.79 Å². The lowest BCUT2D eigenvalue weighted by molar-refractivity contribution is 0.0930. The molecule has 1 aliphatic rings. The zero-order valence-electron chi connectivity index (χ0n) is 14.6. The lowest BCUT2D eigenvalue weighted by Gasteiger charge is -2.23. The smallest absolute Gasteiger partial charge is 0.253 e. The van der Waals surface area contributed by atoms with E-state index in [1.165, 1.54) is 5.56 Å². The van der Waals surface area contributed by atoms with Crippen molar-refractivity contribution in [1.82, 2.24) is 15.2 Å². The average Bonchev–Trinajstić information content (AvgIpc) is 2.83. The highest BCUT2D eigenvalue weighted by atomic mass is 35.5. The van der Waals surface area contributed by atoms with Gasteiger partial charge in [0.1, 0.15) is 0 Å². The number of aromatic nitrogens is 1. The third-order valence-electron chi connectivity index (χ3n) is 4.57. The van der Waals surface area contributed by atoms with Crippen molar-refractivity contribution < 1.29 is 4.79 Å². The van der Waals surface area contributed by atoms with Gasteiger partial charge in [0.25, 0.3) is 5.91 Å². The molecule has 2 N–H and O–H groups in total. The number of benzene rings is 1. The lowest BCUT2D eigenvalue weighted by Crippen LogP contribution is -2.45. The highest BCUT2D eigenvalue weighted by molar-refractivity contribution is 5.96. The van der Waals surface area contributed by atoms with Crippen LogP contribution in [0.1, 0.15) is 40.2 Å². The molecule has 1 saturated heterocycles. The Bertz CT molecular complexity index is 717. The van der Waals surface area contributed by atoms with Gasteiger partial charge in [0.15, 0.2) is 0 Å². The van der Waals surface area contributed by atoms with Crippen LogP contribution in [0.25, 0.3) is 5.69 Å². The topological polar surface area (TPSA) is 46.1 Å². The summed E-state index contributed by atoms with van der Waals surface area (Å²) < 4.78 is 2.15. The normalized spacial score (nSPS) is 17.2. The van der Waals surface area contributed by atoms with Crippen molar-refractivity contribution in [3.8, 4) is 5.69 Å². The lowest BCUT2D eigenvalue weighted by atomic mass is 10.1. The number of aryl methyl sites for hydroxylation is 2. The molecule has 4 nitrogen and oxygen atoms in total. The Morgan fingerprint density at radius 3 is 2.71 bits per heavy atom. The number of carbonyl (C=O) groups is 1. The molecule has 2 aromatic rings. The number of rotatable bonds is 3. The summed E-state index contributed by atoms with van der Waals surface area (Å²) in [6.45, 7) is 8.07. The molecule has 0 aliphatic carbocycles. The van der Waals surface area contributed by atoms with Crippen LogP contribution < -0.4 is 10.6 Å². The molecule has 3 rings (SSSR count). The quantitative estimate of drug-likeness (QED) is 0.894. The third-order valence-corrected chi connectivity index (χ3v) is 4.57. The molecule has 1 aromatic carbocycles. The Labute approximate surface area is 150 Å². The van der Waals surface area contributed by atoms with Crippen LogP contribution in [0.2, 0.25) is 0 Å². The third kappa shape index (κ3) is 3.82. The zero-order valence-corrected chi connectivity index (χ0v) is 15.4. The van der Waals surface area contributed by atoms with Crippen molar-refractivity contribution in [2.24, 2.45) is 0 Å². The largest absolute Gasteiger partial charge is 0.348 e. The van der Waals surface area contributed by atoms with E-state index in [-0.39, 0.29) is 24.4 Å². The first-order chi connectivity index (χ1) is 11.1. The van der Waals surface area contributed by atoms with Gasteiger partial charge in [-0.25, -0.2) is 0 Å². The molecular formula is C19H26ClN3O. The zero-order chi connectivity index (χ0) is 16.4. The molecule has 1 amide bonds. The maximum atomic E-state index is 12.6. The Kier molecular flexibility index (Phi) is 6.08. The fourth-order valence-electron chi connectivity index (χ4n) is 3.40. The van der Waals surface area contributed by atoms with E-state index in [2.05, 4.69) is 46.4 Å². The summed E-state index contributed by atoms with van der Waals surface area (Å²) in [5.74, 6) is 0.0331. The number of halogens is 1. The fourth-order valence-corrected chi connectivity index (χ4v) is 3.40. The van der Waals surface area contributed by atoms with E-state index in [0.717, 1.165) is 48.6 Å². The molecule has 2 heterocycles. The summed E-state index contributed by atoms with van der Waals surface area (Å²) in [7, 11) is 0. The van der Waals surface area contributed by atoms with Gasteiger partial charge in [-0.2, -0.15) is 0 Å². The van der Waals surface area contributed by atoms with Crippen LogP contribution in [-0.4, -0.2) is 29.6 Å². The van der Waals surface area contributed by atoms with Crippen LogP contribution in [-0.2, 0) is 0 Å². The number of nitrogens with zero attached hydrogens (tertiary/aromatic N) is 1. The molecule has 0 radical (unpaired) electrons. The molecule has 0 unspecified atom stereocenters. The number of hydrogen-bond acceptors (Lipinski definition) is 2. The second kappa shape index (κ2) is 7.86. The summed E-state index contributed by atoms with van der Waals surface area (Å²) >= 11 is 0. The summed E-state index contributed by atoms with van der Waals surface area (Å²) in [6.07, 6.45) is 2.17. The van der Waals surface area contributed by atoms with Gasteiger partial charge < -0.3 is 15.2 Å². The minimum Gasteiger partial charge on any atom is -0.348 e. The molecule has 5 heteroatoms. The standard InChI is InChI=1S/C19H25N3O.ClH/c1-13-6-4-8-17(10-13)22-14(2)11-18(15(22)3)19(23)21-16-7-5-9-20-12-16;/h4,6,8,10-11,16,20H,5,7,9,12H2,1-3H3,(H,21,23);1H/t16-;/m0./s1. The summed E-state index contributed by atoms with van der Waals surface area (Å²) in [6, 6.07) is 10.6. The Balaban J connectivity index is 0.00000208. The van der Waals surface area contributed by atoms with Gasteiger partial charge in [-0.15, -0.1) is 12.4 Å². The van der Waals surface area contributed by atoms with Crippen molar-refractivity contribution in [2.45, 2.75) is 39.7 Å². The average molecular weight is 348 g/mol. The number of piperidine rings is 1. The van der Waals surface area contributed by atoms with Crippen molar-refractivity contribution >= 4 is 18.3 Å². The van der Waals surface area contributed by atoms with Crippen LogP contribution in [0.15, 0.2) is 30.3 Å². The fraction of sp³-hybridized carbons (Fsp3) is 0.421. The second-order valence-corrected chi connectivity index (χ2v) is 6.48. The van der Waals surface area contributed by atoms with Crippen molar-refractivity contribution in [1.29, 1.82) is 0 Å². The number of carbonyl (C=O) groups excluding carboxylic acids is 1. The van der Waals surface area contributed by atoms with Gasteiger partial charge in [-0.05, 0) is 63.9 Å². The first-order valence-electron chi connectivity index (χ1n) is 8.34. The van der Waals surface area contributed by atoms with E-state index in [4.69, 9.17) is 0 Å². The summed E-state index contributed by atoms with van der Waals surface area (Å²) in [5, 5.41) is 6.50. The van der Waals surface area contributed by atoms with Gasteiger partial charge in [0.05, 0.1) is 5.56 Å². The molecule has 0 saturated carbocycles. The van der Waals surface area contributed by atoms with Crippen LogP contribution in [0.5, 0.6) is 0 Å². The minimum atomic E-state index is 0. The molecule has 1 fully saturated rings. The van der Waals surface area contributed by atoms with Gasteiger partial charge in [-0.1, -0.05) is 12.1 Å². The summed E-state index contributed by atoms with van der Waals surface area (Å²) in [5.41, 5.74) is 5.18. The second-order valence-electron chi connectivity index (χ2n) is 6.48. The van der Waals surface area contributed by atoms with Gasteiger partial charge in [0.2, 0.25) is 0 Å². The molecule has 0 bridgehead atoms. The van der Waals surface area contributed by atoms with E-state index < -0.39 is 0 Å². The van der Waals surface area contributed by atoms with Crippen molar-refractivity contribution in [3.05, 3.63) is 52.8 Å². The van der Waals surface area contributed by atoms with Crippen molar-refractivity contribution in [2.75, 3.05) is 13.1 Å². The van der Waals surface area contributed by atoms with Crippen LogP contribution >= 0.6 is 12.4 Å². The highest BCUT2D eigenvalue weighted by Crippen LogP contribution is 2.21. The monoisotopic (exact) mass is 347 g/mol. The number of hydrogen-bond donors (Lipinski definition) is 2. The summed E-state index contributed by atoms with van der Waals surface area (Å²) in [4.78, 5) is 12.6. The Morgan fingerprint density at radius 1 is 1.25 bits per heavy atom. The van der Waals surface area contributed by atoms with Gasteiger partial charge in [-0.3, -0.25) is 4.79 Å². The van der Waals surface area contributed by atoms with E-state index in [1.807, 2.05) is 19.9 Å². The first kappa shape index (κ1) is 18.6. The predicted molar refractivity (Wildman–Crippen MR) is 101 cm³/mol. The molecule has 0 spiro atoms. The Morgan fingerprint density at radius 2 is 2.04 bits per heavy atom. The maximum absolute atomic E-state index is 12.6. The molecular weight excluding hydrogens is 322 g/mol. The molecule has 24 heavy (non-hydrogen) atoms.